The molecule has 2 fully saturated rings. The van der Waals surface area contributed by atoms with E-state index in [9.17, 15) is 54.0 Å². The fraction of sp³-hybridized carbons (Fsp3) is 0.733. The van der Waals surface area contributed by atoms with Crippen molar-refractivity contribution in [1.82, 2.24) is 9.55 Å². The van der Waals surface area contributed by atoms with E-state index in [-0.39, 0.29) is 59.1 Å². The van der Waals surface area contributed by atoms with E-state index < -0.39 is 95.4 Å². The number of phosphoric acid groups is 2. The Hall–Kier alpha value is 0.620. The molecule has 11 atom stereocenters. The standard InChI is InChI=1S/C15H24N2O17P2.2Na/c18-3-5-8(20)10(22)12(24)14(32-5)33-36(28,29)34-35(26,27)30-4-6-9(21)11(23)13(31-6)17-2-1-7(19)16-15(17)25;;/h1-2,5-6,8-14,18,20-24H,3-4H2,(H,26,27)(H,28,29)(H,16,19,25);;/q;2*+1/p-2/t5-,6-,8+,9-,10+,11-,12-,13?,14+;;/m1../s1. The van der Waals surface area contributed by atoms with Crippen LogP contribution < -0.4 is 80.2 Å². The zero-order chi connectivity index (χ0) is 27.0. The van der Waals surface area contributed by atoms with Crippen LogP contribution in [0.1, 0.15) is 6.23 Å². The van der Waals surface area contributed by atoms with Crippen molar-refractivity contribution in [2.45, 2.75) is 55.2 Å². The molecule has 19 nitrogen and oxygen atoms in total. The molecule has 0 bridgehead atoms. The first-order valence-corrected chi connectivity index (χ1v) is 12.9. The van der Waals surface area contributed by atoms with Gasteiger partial charge in [-0.05, 0) is 0 Å². The van der Waals surface area contributed by atoms with Crippen LogP contribution in [-0.2, 0) is 32.0 Å². The minimum Gasteiger partial charge on any atom is -0.756 e. The van der Waals surface area contributed by atoms with Gasteiger partial charge in [0.25, 0.3) is 21.2 Å². The number of ether oxygens (including phenoxy) is 2. The molecule has 3 rings (SSSR count). The second-order valence-electron chi connectivity index (χ2n) is 7.64. The Bertz CT molecular complexity index is 1140. The number of nitrogens with one attached hydrogen (secondary N) is 1. The summed E-state index contributed by atoms with van der Waals surface area (Å²) in [6.07, 6.45) is -15.8. The van der Waals surface area contributed by atoms with Crippen LogP contribution >= 0.6 is 15.6 Å². The van der Waals surface area contributed by atoms with E-state index >= 15 is 0 Å². The number of rotatable bonds is 9. The van der Waals surface area contributed by atoms with Crippen molar-refractivity contribution in [2.24, 2.45) is 0 Å². The Labute approximate surface area is 256 Å². The molecule has 0 aromatic carbocycles. The molecular weight excluding hydrogens is 588 g/mol. The maximum Gasteiger partial charge on any atom is 1.00 e. The first kappa shape index (κ1) is 36.6. The van der Waals surface area contributed by atoms with Crippen LogP contribution in [0, 0.1) is 0 Å². The van der Waals surface area contributed by atoms with Gasteiger partial charge in [0.15, 0.2) is 12.5 Å². The monoisotopic (exact) mass is 610 g/mol. The van der Waals surface area contributed by atoms with Gasteiger partial charge in [0, 0.05) is 12.3 Å². The summed E-state index contributed by atoms with van der Waals surface area (Å²) in [4.78, 5) is 48.9. The first-order valence-electron chi connectivity index (χ1n) is 9.96. The van der Waals surface area contributed by atoms with Crippen LogP contribution in [0.15, 0.2) is 21.9 Å². The minimum absolute atomic E-state index is 0. The molecule has 2 saturated heterocycles. The van der Waals surface area contributed by atoms with Crippen molar-refractivity contribution in [1.29, 1.82) is 0 Å². The van der Waals surface area contributed by atoms with E-state index in [1.807, 2.05) is 4.98 Å². The number of nitrogens with zero attached hydrogens (tertiary/aromatic N) is 1. The SMILES string of the molecule is O=c1ccn(C2O[C@H](COP(=O)([O-])OP(=O)([O-])O[C@@H]3O[C@H](CO)[C@H](O)[C@H](O)[C@H]3O)[C@@H](O)[C@H]2O)c(=O)[nH]1.[Na+].[Na+]. The van der Waals surface area contributed by atoms with Crippen molar-refractivity contribution in [3.63, 3.8) is 0 Å². The van der Waals surface area contributed by atoms with Gasteiger partial charge in [0.1, 0.15) is 42.7 Å². The van der Waals surface area contributed by atoms with Crippen LogP contribution in [0.4, 0.5) is 0 Å². The largest absolute Gasteiger partial charge is 1.00 e. The number of hydrogen-bond donors (Lipinski definition) is 7. The minimum atomic E-state index is -5.90. The summed E-state index contributed by atoms with van der Waals surface area (Å²) in [5, 5.41) is 58.4. The van der Waals surface area contributed by atoms with Crippen molar-refractivity contribution < 1.29 is 132 Å². The predicted molar refractivity (Wildman–Crippen MR) is 104 cm³/mol. The summed E-state index contributed by atoms with van der Waals surface area (Å²) in [5.74, 6) is 0. The number of phosphoric ester groups is 2. The molecule has 2 aliphatic rings. The maximum atomic E-state index is 12.0. The summed E-state index contributed by atoms with van der Waals surface area (Å²) in [5.41, 5.74) is -1.78. The normalized spacial score (nSPS) is 36.4. The maximum absolute atomic E-state index is 12.0. The summed E-state index contributed by atoms with van der Waals surface area (Å²) in [6.45, 7) is -2.05. The molecule has 1 aromatic heterocycles. The fourth-order valence-electron chi connectivity index (χ4n) is 3.34. The van der Waals surface area contributed by atoms with Gasteiger partial charge in [-0.1, -0.05) is 0 Å². The van der Waals surface area contributed by atoms with Gasteiger partial charge >= 0.3 is 64.8 Å². The second-order valence-corrected chi connectivity index (χ2v) is 10.5. The van der Waals surface area contributed by atoms with Crippen molar-refractivity contribution in [3.8, 4) is 0 Å². The number of H-pyrrole nitrogens is 1. The van der Waals surface area contributed by atoms with E-state index in [0.717, 1.165) is 12.3 Å². The number of aliphatic hydroxyl groups is 6. The third kappa shape index (κ3) is 8.81. The average molecular weight is 610 g/mol. The first-order chi connectivity index (χ1) is 16.7. The van der Waals surface area contributed by atoms with E-state index in [0.29, 0.717) is 4.57 Å². The predicted octanol–water partition coefficient (Wildman–Crippen LogP) is -12.0. The van der Waals surface area contributed by atoms with E-state index in [2.05, 4.69) is 13.4 Å². The van der Waals surface area contributed by atoms with Crippen LogP contribution in [0.5, 0.6) is 0 Å². The number of hydrogen-bond acceptors (Lipinski definition) is 17. The van der Waals surface area contributed by atoms with Gasteiger partial charge in [0.05, 0.1) is 13.2 Å². The number of aliphatic hydroxyl groups excluding tert-OH is 6. The van der Waals surface area contributed by atoms with Crippen molar-refractivity contribution in [3.05, 3.63) is 33.1 Å². The number of aromatic amines is 1. The van der Waals surface area contributed by atoms with E-state index in [1.54, 1.807) is 0 Å². The fourth-order valence-corrected chi connectivity index (χ4v) is 5.42. The Kier molecular flexibility index (Phi) is 14.2. The third-order valence-electron chi connectivity index (χ3n) is 5.14. The zero-order valence-corrected chi connectivity index (χ0v) is 25.6. The molecule has 3 unspecified atom stereocenters. The van der Waals surface area contributed by atoms with Gasteiger partial charge < -0.3 is 54.4 Å². The smallest absolute Gasteiger partial charge is 0.756 e. The Balaban J connectivity index is 0.00000361. The van der Waals surface area contributed by atoms with Crippen LogP contribution in [-0.4, -0.2) is 102 Å². The van der Waals surface area contributed by atoms with Gasteiger partial charge in [0.2, 0.25) is 0 Å². The van der Waals surface area contributed by atoms with E-state index in [4.69, 9.17) is 14.6 Å². The van der Waals surface area contributed by atoms with E-state index in [1.165, 1.54) is 0 Å². The molecule has 0 saturated carbocycles. The summed E-state index contributed by atoms with van der Waals surface area (Å²) in [6, 6.07) is 0.911. The average Bonchev–Trinajstić information content (AvgIpc) is 3.06. The molecule has 1 aromatic rings. The molecule has 7 N–H and O–H groups in total. The molecule has 3 heterocycles. The van der Waals surface area contributed by atoms with Crippen molar-refractivity contribution >= 4 is 15.6 Å². The Morgan fingerprint density at radius 3 is 2.11 bits per heavy atom. The summed E-state index contributed by atoms with van der Waals surface area (Å²) >= 11 is 0. The molecule has 38 heavy (non-hydrogen) atoms. The Morgan fingerprint density at radius 2 is 1.53 bits per heavy atom. The van der Waals surface area contributed by atoms with Gasteiger partial charge in [-0.15, -0.1) is 0 Å². The second kappa shape index (κ2) is 14.7. The molecule has 206 valence electrons. The molecule has 0 amide bonds. The Morgan fingerprint density at radius 1 is 0.921 bits per heavy atom. The van der Waals surface area contributed by atoms with Gasteiger partial charge in [-0.25, -0.2) is 9.11 Å². The third-order valence-corrected chi connectivity index (χ3v) is 7.67. The topological polar surface area (TPSA) is 303 Å². The quantitative estimate of drug-likeness (QED) is 0.101. The molecule has 0 aliphatic carbocycles. The number of aromatic nitrogens is 2. The van der Waals surface area contributed by atoms with Crippen LogP contribution in [0.2, 0.25) is 0 Å². The molecule has 2 aliphatic heterocycles. The molecule has 0 spiro atoms. The molecular formula is C15H22N2Na2O17P2. The van der Waals surface area contributed by atoms with Crippen LogP contribution in [0.25, 0.3) is 0 Å². The summed E-state index contributed by atoms with van der Waals surface area (Å²) in [7, 11) is -11.7. The van der Waals surface area contributed by atoms with Gasteiger partial charge in [-0.2, -0.15) is 0 Å². The van der Waals surface area contributed by atoms with Crippen molar-refractivity contribution in [2.75, 3.05) is 13.2 Å². The van der Waals surface area contributed by atoms with Gasteiger partial charge in [-0.3, -0.25) is 28.0 Å². The summed E-state index contributed by atoms with van der Waals surface area (Å²) < 4.78 is 47.1. The molecule has 23 heteroatoms. The zero-order valence-electron chi connectivity index (χ0n) is 19.8. The van der Waals surface area contributed by atoms with Crippen LogP contribution in [0.3, 0.4) is 0 Å². The molecule has 0 radical (unpaired) electrons.